The number of pyridine rings is 2. The number of sulfonamides is 1. The van der Waals surface area contributed by atoms with Gasteiger partial charge in [-0.15, -0.1) is 0 Å². The van der Waals surface area contributed by atoms with Crippen LogP contribution in [-0.4, -0.2) is 40.2 Å². The second-order valence-electron chi connectivity index (χ2n) is 6.64. The van der Waals surface area contributed by atoms with E-state index in [9.17, 15) is 8.42 Å². The van der Waals surface area contributed by atoms with Crippen molar-refractivity contribution in [2.45, 2.75) is 41.4 Å². The second-order valence-corrected chi connectivity index (χ2v) is 9.57. The SMILES string of the molecule is O=S(=O)(c1ccc(SCc2cn3ccccc3n2)nc1)N1CCCCCC1. The van der Waals surface area contributed by atoms with Crippen LogP contribution < -0.4 is 0 Å². The highest BCUT2D eigenvalue weighted by Crippen LogP contribution is 2.24. The predicted octanol–water partition coefficient (Wildman–Crippen LogP) is 3.59. The van der Waals surface area contributed by atoms with E-state index in [0.717, 1.165) is 42.1 Å². The monoisotopic (exact) mass is 402 g/mol. The van der Waals surface area contributed by atoms with Gasteiger partial charge in [-0.1, -0.05) is 30.7 Å². The van der Waals surface area contributed by atoms with Crippen LogP contribution >= 0.6 is 11.8 Å². The summed E-state index contributed by atoms with van der Waals surface area (Å²) in [6, 6.07) is 9.35. The summed E-state index contributed by atoms with van der Waals surface area (Å²) in [4.78, 5) is 9.20. The van der Waals surface area contributed by atoms with Crippen molar-refractivity contribution >= 4 is 27.4 Å². The van der Waals surface area contributed by atoms with Crippen LogP contribution in [0.4, 0.5) is 0 Å². The van der Waals surface area contributed by atoms with Crippen molar-refractivity contribution in [3.8, 4) is 0 Å². The summed E-state index contributed by atoms with van der Waals surface area (Å²) < 4.78 is 29.2. The van der Waals surface area contributed by atoms with E-state index in [1.807, 2.05) is 35.0 Å². The minimum absolute atomic E-state index is 0.279. The molecule has 0 atom stereocenters. The molecule has 0 aromatic carbocycles. The van der Waals surface area contributed by atoms with E-state index in [1.54, 1.807) is 28.2 Å². The third kappa shape index (κ3) is 4.17. The summed E-state index contributed by atoms with van der Waals surface area (Å²) in [6.45, 7) is 1.21. The summed E-state index contributed by atoms with van der Waals surface area (Å²) in [5.41, 5.74) is 1.88. The number of imidazole rings is 1. The van der Waals surface area contributed by atoms with Crippen LogP contribution in [0.5, 0.6) is 0 Å². The van der Waals surface area contributed by atoms with E-state index in [4.69, 9.17) is 0 Å². The van der Waals surface area contributed by atoms with Crippen molar-refractivity contribution in [2.75, 3.05) is 13.1 Å². The first kappa shape index (κ1) is 18.5. The molecule has 1 aliphatic rings. The van der Waals surface area contributed by atoms with Gasteiger partial charge >= 0.3 is 0 Å². The number of hydrogen-bond donors (Lipinski definition) is 0. The third-order valence-electron chi connectivity index (χ3n) is 4.69. The summed E-state index contributed by atoms with van der Waals surface area (Å²) in [5, 5.41) is 0.793. The van der Waals surface area contributed by atoms with Gasteiger partial charge in [-0.2, -0.15) is 4.31 Å². The molecular formula is C19H22N4O2S2. The molecular weight excluding hydrogens is 380 g/mol. The predicted molar refractivity (Wildman–Crippen MR) is 106 cm³/mol. The largest absolute Gasteiger partial charge is 0.307 e. The van der Waals surface area contributed by atoms with Crippen molar-refractivity contribution in [3.63, 3.8) is 0 Å². The number of fused-ring (bicyclic) bond motifs is 1. The summed E-state index contributed by atoms with van der Waals surface area (Å²) >= 11 is 1.55. The Morgan fingerprint density at radius 2 is 1.85 bits per heavy atom. The molecule has 1 aliphatic heterocycles. The molecule has 0 N–H and O–H groups in total. The first-order valence-corrected chi connectivity index (χ1v) is 11.6. The number of thioether (sulfide) groups is 1. The molecule has 1 saturated heterocycles. The highest BCUT2D eigenvalue weighted by atomic mass is 32.2. The van der Waals surface area contributed by atoms with Gasteiger partial charge in [0.1, 0.15) is 10.5 Å². The first-order valence-electron chi connectivity index (χ1n) is 9.14. The van der Waals surface area contributed by atoms with Gasteiger partial charge < -0.3 is 4.40 Å². The van der Waals surface area contributed by atoms with Crippen molar-refractivity contribution < 1.29 is 8.42 Å². The van der Waals surface area contributed by atoms with Crippen LogP contribution in [0, 0.1) is 0 Å². The average molecular weight is 403 g/mol. The summed E-state index contributed by atoms with van der Waals surface area (Å²) in [7, 11) is -3.44. The average Bonchev–Trinajstić information content (AvgIpc) is 2.89. The Kier molecular flexibility index (Phi) is 5.47. The lowest BCUT2D eigenvalue weighted by molar-refractivity contribution is 0.423. The van der Waals surface area contributed by atoms with Crippen LogP contribution in [-0.2, 0) is 15.8 Å². The van der Waals surface area contributed by atoms with E-state index in [0.29, 0.717) is 18.8 Å². The molecule has 0 spiro atoms. The minimum Gasteiger partial charge on any atom is -0.307 e. The van der Waals surface area contributed by atoms with Gasteiger partial charge in [0.2, 0.25) is 10.0 Å². The number of aromatic nitrogens is 3. The highest BCUT2D eigenvalue weighted by molar-refractivity contribution is 7.98. The maximum Gasteiger partial charge on any atom is 0.244 e. The van der Waals surface area contributed by atoms with E-state index < -0.39 is 10.0 Å². The summed E-state index contributed by atoms with van der Waals surface area (Å²) in [6.07, 6.45) is 9.51. The minimum atomic E-state index is -3.44. The van der Waals surface area contributed by atoms with E-state index >= 15 is 0 Å². The Hall–Kier alpha value is -1.90. The van der Waals surface area contributed by atoms with Gasteiger partial charge in [-0.05, 0) is 37.1 Å². The molecule has 27 heavy (non-hydrogen) atoms. The molecule has 4 rings (SSSR count). The quantitative estimate of drug-likeness (QED) is 0.610. The van der Waals surface area contributed by atoms with Crippen molar-refractivity contribution in [2.24, 2.45) is 0 Å². The fourth-order valence-corrected chi connectivity index (χ4v) is 5.43. The molecule has 6 nitrogen and oxygen atoms in total. The third-order valence-corrected chi connectivity index (χ3v) is 7.55. The Bertz CT molecular complexity index is 975. The maximum absolute atomic E-state index is 12.8. The molecule has 3 aromatic heterocycles. The standard InChI is InChI=1S/C19H22N4O2S2/c24-27(25,23-11-4-1-2-5-12-23)17-8-9-19(20-13-17)26-15-16-14-22-10-6-3-7-18(22)21-16/h3,6-10,13-14H,1-2,4-5,11-12,15H2. The molecule has 0 saturated carbocycles. The van der Waals surface area contributed by atoms with E-state index in [2.05, 4.69) is 9.97 Å². The number of hydrogen-bond acceptors (Lipinski definition) is 5. The Morgan fingerprint density at radius 3 is 2.56 bits per heavy atom. The molecule has 8 heteroatoms. The van der Waals surface area contributed by atoms with Crippen LogP contribution in [0.1, 0.15) is 31.4 Å². The lowest BCUT2D eigenvalue weighted by Crippen LogP contribution is -2.32. The molecule has 0 bridgehead atoms. The molecule has 0 unspecified atom stereocenters. The zero-order valence-corrected chi connectivity index (χ0v) is 16.6. The molecule has 0 amide bonds. The lowest BCUT2D eigenvalue weighted by Gasteiger charge is -2.19. The number of rotatable bonds is 5. The van der Waals surface area contributed by atoms with Gasteiger partial charge in [0, 0.05) is 37.4 Å². The van der Waals surface area contributed by atoms with E-state index in [1.165, 1.54) is 6.20 Å². The van der Waals surface area contributed by atoms with Gasteiger partial charge in [0.05, 0.1) is 10.7 Å². The normalized spacial score (nSPS) is 16.4. The first-order chi connectivity index (χ1) is 13.1. The lowest BCUT2D eigenvalue weighted by atomic mass is 10.2. The Labute approximate surface area is 163 Å². The van der Waals surface area contributed by atoms with Crippen molar-refractivity contribution in [3.05, 3.63) is 54.6 Å². The zero-order chi connectivity index (χ0) is 18.7. The van der Waals surface area contributed by atoms with Gasteiger partial charge in [-0.25, -0.2) is 18.4 Å². The fraction of sp³-hybridized carbons (Fsp3) is 0.368. The Morgan fingerprint density at radius 1 is 1.04 bits per heavy atom. The van der Waals surface area contributed by atoms with Crippen molar-refractivity contribution in [1.29, 1.82) is 0 Å². The highest BCUT2D eigenvalue weighted by Gasteiger charge is 2.25. The number of nitrogens with zero attached hydrogens (tertiary/aromatic N) is 4. The fourth-order valence-electron chi connectivity index (χ4n) is 3.24. The molecule has 0 radical (unpaired) electrons. The van der Waals surface area contributed by atoms with Crippen molar-refractivity contribution in [1.82, 2.24) is 18.7 Å². The molecule has 0 aliphatic carbocycles. The molecule has 3 aromatic rings. The summed E-state index contributed by atoms with van der Waals surface area (Å²) in [5.74, 6) is 0.687. The smallest absolute Gasteiger partial charge is 0.244 e. The topological polar surface area (TPSA) is 67.6 Å². The zero-order valence-electron chi connectivity index (χ0n) is 15.0. The van der Waals surface area contributed by atoms with Crippen LogP contribution in [0.3, 0.4) is 0 Å². The van der Waals surface area contributed by atoms with Gasteiger partial charge in [0.15, 0.2) is 0 Å². The van der Waals surface area contributed by atoms with Crippen LogP contribution in [0.25, 0.3) is 5.65 Å². The Balaban J connectivity index is 1.43. The van der Waals surface area contributed by atoms with Crippen LogP contribution in [0.2, 0.25) is 0 Å². The van der Waals surface area contributed by atoms with E-state index in [-0.39, 0.29) is 4.90 Å². The molecule has 4 heterocycles. The molecule has 142 valence electrons. The van der Waals surface area contributed by atoms with Crippen LogP contribution in [0.15, 0.2) is 58.8 Å². The molecule has 1 fully saturated rings. The second kappa shape index (κ2) is 8.00. The van der Waals surface area contributed by atoms with Gasteiger partial charge in [-0.3, -0.25) is 0 Å². The maximum atomic E-state index is 12.8. The van der Waals surface area contributed by atoms with Gasteiger partial charge in [0.25, 0.3) is 0 Å².